The van der Waals surface area contributed by atoms with Crippen molar-refractivity contribution < 1.29 is 9.59 Å². The van der Waals surface area contributed by atoms with Gasteiger partial charge in [-0.1, -0.05) is 47.0 Å². The summed E-state index contributed by atoms with van der Waals surface area (Å²) in [6, 6.07) is 12.6. The van der Waals surface area contributed by atoms with Crippen LogP contribution in [0.15, 0.2) is 47.6 Å². The molecule has 1 fully saturated rings. The maximum absolute atomic E-state index is 12.3. The average molecular weight is 390 g/mol. The number of carbonyl (C=O) groups is 2. The first-order valence-electron chi connectivity index (χ1n) is 8.09. The molecule has 0 aromatic heterocycles. The molecule has 1 heterocycles. The summed E-state index contributed by atoms with van der Waals surface area (Å²) in [7, 11) is 0. The maximum Gasteiger partial charge on any atom is 0.245 e. The molecule has 2 aromatic rings. The minimum Gasteiger partial charge on any atom is -0.312 e. The first-order chi connectivity index (χ1) is 12.4. The molecule has 134 valence electrons. The SMILES string of the molecule is Cc1ccc(N2C[C@@H](C(=O)N/N=C/c3ccc(Cl)cc3Cl)CC2=O)cc1. The number of carbonyl (C=O) groups excluding carboxylic acids is 2. The van der Waals surface area contributed by atoms with E-state index >= 15 is 0 Å². The number of hydrazone groups is 1. The van der Waals surface area contributed by atoms with E-state index in [4.69, 9.17) is 23.2 Å². The summed E-state index contributed by atoms with van der Waals surface area (Å²) >= 11 is 11.9. The third kappa shape index (κ3) is 4.23. The Morgan fingerprint density at radius 3 is 2.65 bits per heavy atom. The predicted molar refractivity (Wildman–Crippen MR) is 104 cm³/mol. The monoisotopic (exact) mass is 389 g/mol. The summed E-state index contributed by atoms with van der Waals surface area (Å²) in [5.74, 6) is -0.810. The molecule has 1 aliphatic heterocycles. The van der Waals surface area contributed by atoms with Gasteiger partial charge in [-0.3, -0.25) is 9.59 Å². The van der Waals surface area contributed by atoms with E-state index < -0.39 is 5.92 Å². The lowest BCUT2D eigenvalue weighted by Crippen LogP contribution is -2.30. The zero-order valence-electron chi connectivity index (χ0n) is 14.1. The van der Waals surface area contributed by atoms with Crippen molar-refractivity contribution in [2.45, 2.75) is 13.3 Å². The van der Waals surface area contributed by atoms with Crippen molar-refractivity contribution in [3.05, 3.63) is 63.6 Å². The smallest absolute Gasteiger partial charge is 0.245 e. The first-order valence-corrected chi connectivity index (χ1v) is 8.84. The van der Waals surface area contributed by atoms with Crippen molar-refractivity contribution in [1.29, 1.82) is 0 Å². The largest absolute Gasteiger partial charge is 0.312 e. The lowest BCUT2D eigenvalue weighted by Gasteiger charge is -2.16. The van der Waals surface area contributed by atoms with Gasteiger partial charge in [0.05, 0.1) is 17.2 Å². The lowest BCUT2D eigenvalue weighted by atomic mass is 10.1. The molecule has 0 saturated carbocycles. The zero-order valence-corrected chi connectivity index (χ0v) is 15.6. The van der Waals surface area contributed by atoms with Crippen LogP contribution in [0.5, 0.6) is 0 Å². The fraction of sp³-hybridized carbons (Fsp3) is 0.211. The molecule has 2 amide bonds. The second-order valence-electron chi connectivity index (χ2n) is 6.14. The highest BCUT2D eigenvalue weighted by molar-refractivity contribution is 6.36. The number of anilines is 1. The molecule has 0 aliphatic carbocycles. The van der Waals surface area contributed by atoms with E-state index in [0.29, 0.717) is 22.2 Å². The normalized spacial score (nSPS) is 17.1. The van der Waals surface area contributed by atoms with Crippen LogP contribution in [0.2, 0.25) is 10.0 Å². The van der Waals surface area contributed by atoms with Crippen molar-refractivity contribution >= 4 is 46.9 Å². The topological polar surface area (TPSA) is 61.8 Å². The lowest BCUT2D eigenvalue weighted by molar-refractivity contribution is -0.126. The van der Waals surface area contributed by atoms with Gasteiger partial charge in [0.15, 0.2) is 0 Å². The Labute approximate surface area is 161 Å². The Kier molecular flexibility index (Phi) is 5.59. The van der Waals surface area contributed by atoms with E-state index in [1.54, 1.807) is 23.1 Å². The number of nitrogens with one attached hydrogen (secondary N) is 1. The second-order valence-corrected chi connectivity index (χ2v) is 6.98. The first kappa shape index (κ1) is 18.4. The van der Waals surface area contributed by atoms with Crippen LogP contribution in [0.1, 0.15) is 17.5 Å². The molecule has 1 aliphatic rings. The van der Waals surface area contributed by atoms with Crippen LogP contribution in [0.4, 0.5) is 5.69 Å². The molecule has 0 unspecified atom stereocenters. The third-order valence-electron chi connectivity index (χ3n) is 4.18. The van der Waals surface area contributed by atoms with Crippen LogP contribution in [-0.4, -0.2) is 24.6 Å². The molecule has 1 N–H and O–H groups in total. The van der Waals surface area contributed by atoms with Crippen molar-refractivity contribution in [3.63, 3.8) is 0 Å². The van der Waals surface area contributed by atoms with Crippen molar-refractivity contribution in [1.82, 2.24) is 5.43 Å². The van der Waals surface area contributed by atoms with Crippen LogP contribution in [0.3, 0.4) is 0 Å². The third-order valence-corrected chi connectivity index (χ3v) is 4.74. The zero-order chi connectivity index (χ0) is 18.7. The number of nitrogens with zero attached hydrogens (tertiary/aromatic N) is 2. The highest BCUT2D eigenvalue weighted by atomic mass is 35.5. The van der Waals surface area contributed by atoms with Gasteiger partial charge in [-0.15, -0.1) is 0 Å². The highest BCUT2D eigenvalue weighted by Crippen LogP contribution is 2.25. The van der Waals surface area contributed by atoms with Crippen molar-refractivity contribution in [2.24, 2.45) is 11.0 Å². The van der Waals surface area contributed by atoms with Crippen molar-refractivity contribution in [3.8, 4) is 0 Å². The molecule has 26 heavy (non-hydrogen) atoms. The van der Waals surface area contributed by atoms with Gasteiger partial charge in [0.25, 0.3) is 0 Å². The molecule has 1 saturated heterocycles. The summed E-state index contributed by atoms with van der Waals surface area (Å²) in [5, 5.41) is 4.90. The molecule has 0 spiro atoms. The Hall–Kier alpha value is -2.37. The van der Waals surface area contributed by atoms with Gasteiger partial charge in [-0.2, -0.15) is 5.10 Å². The van der Waals surface area contributed by atoms with Crippen LogP contribution in [0.25, 0.3) is 0 Å². The number of halogens is 2. The standard InChI is InChI=1S/C19H17Cl2N3O2/c1-12-2-6-16(7-3-12)24-11-14(8-18(24)25)19(26)23-22-10-13-4-5-15(20)9-17(13)21/h2-7,9-10,14H,8,11H2,1H3,(H,23,26)/b22-10+/t14-/m0/s1. The quantitative estimate of drug-likeness (QED) is 0.638. The fourth-order valence-electron chi connectivity index (χ4n) is 2.72. The fourth-order valence-corrected chi connectivity index (χ4v) is 3.18. The molecule has 5 nitrogen and oxygen atoms in total. The minimum atomic E-state index is -0.443. The van der Waals surface area contributed by atoms with Crippen molar-refractivity contribution in [2.75, 3.05) is 11.4 Å². The molecular formula is C19H17Cl2N3O2. The Bertz CT molecular complexity index is 866. The Morgan fingerprint density at radius 2 is 1.96 bits per heavy atom. The van der Waals surface area contributed by atoms with E-state index in [1.807, 2.05) is 31.2 Å². The van der Waals surface area contributed by atoms with Crippen LogP contribution in [0, 0.1) is 12.8 Å². The summed E-state index contributed by atoms with van der Waals surface area (Å²) in [6.07, 6.45) is 1.61. The van der Waals surface area contributed by atoms with E-state index in [9.17, 15) is 9.59 Å². The maximum atomic E-state index is 12.3. The van der Waals surface area contributed by atoms with Crippen LogP contribution >= 0.6 is 23.2 Å². The molecule has 1 atom stereocenters. The van der Waals surface area contributed by atoms with Crippen LogP contribution < -0.4 is 10.3 Å². The average Bonchev–Trinajstić information content (AvgIpc) is 2.99. The summed E-state index contributed by atoms with van der Waals surface area (Å²) in [6.45, 7) is 2.32. The van der Waals surface area contributed by atoms with E-state index in [2.05, 4.69) is 10.5 Å². The van der Waals surface area contributed by atoms with E-state index in [-0.39, 0.29) is 18.2 Å². The summed E-state index contributed by atoms with van der Waals surface area (Å²) in [5.41, 5.74) is 5.03. The van der Waals surface area contributed by atoms with Gasteiger partial charge < -0.3 is 4.90 Å². The Morgan fingerprint density at radius 1 is 1.23 bits per heavy atom. The molecule has 7 heteroatoms. The van der Waals surface area contributed by atoms with E-state index in [0.717, 1.165) is 11.3 Å². The van der Waals surface area contributed by atoms with Gasteiger partial charge in [0.1, 0.15) is 0 Å². The second kappa shape index (κ2) is 7.89. The summed E-state index contributed by atoms with van der Waals surface area (Å²) in [4.78, 5) is 26.1. The molecule has 3 rings (SSSR count). The number of hydrogen-bond acceptors (Lipinski definition) is 3. The van der Waals surface area contributed by atoms with E-state index in [1.165, 1.54) is 6.21 Å². The molecule has 0 radical (unpaired) electrons. The van der Waals surface area contributed by atoms with Gasteiger partial charge in [0.2, 0.25) is 11.8 Å². The minimum absolute atomic E-state index is 0.0706. The van der Waals surface area contributed by atoms with Gasteiger partial charge in [-0.25, -0.2) is 5.43 Å². The number of aryl methyl sites for hydroxylation is 1. The number of benzene rings is 2. The molecule has 2 aromatic carbocycles. The predicted octanol–water partition coefficient (Wildman–Crippen LogP) is 3.81. The molecule has 0 bridgehead atoms. The summed E-state index contributed by atoms with van der Waals surface area (Å²) < 4.78 is 0. The van der Waals surface area contributed by atoms with Crippen LogP contribution in [-0.2, 0) is 9.59 Å². The number of rotatable bonds is 4. The molecular weight excluding hydrogens is 373 g/mol. The van der Waals surface area contributed by atoms with Gasteiger partial charge in [-0.05, 0) is 31.2 Å². The van der Waals surface area contributed by atoms with Gasteiger partial charge in [0, 0.05) is 29.2 Å². The highest BCUT2D eigenvalue weighted by Gasteiger charge is 2.35. The Balaban J connectivity index is 1.61. The van der Waals surface area contributed by atoms with Gasteiger partial charge >= 0.3 is 0 Å². The number of hydrogen-bond donors (Lipinski definition) is 1. The number of amides is 2.